The zero-order chi connectivity index (χ0) is 16.7. The normalized spacial score (nSPS) is 11.1. The molecule has 0 saturated heterocycles. The number of hydrogen-bond acceptors (Lipinski definition) is 3. The van der Waals surface area contributed by atoms with Crippen LogP contribution in [-0.2, 0) is 4.74 Å². The third-order valence-electron chi connectivity index (χ3n) is 4.08. The second-order valence-corrected chi connectivity index (χ2v) is 6.31. The van der Waals surface area contributed by atoms with Crippen molar-refractivity contribution in [3.8, 4) is 5.69 Å². The second-order valence-electron chi connectivity index (χ2n) is 5.40. The number of ether oxygens (including phenoxy) is 1. The first-order valence-electron chi connectivity index (χ1n) is 7.42. The monoisotopic (exact) mass is 380 g/mol. The Balaban J connectivity index is 2.16. The highest BCUT2D eigenvalue weighted by Gasteiger charge is 2.18. The van der Waals surface area contributed by atoms with E-state index in [0.29, 0.717) is 5.56 Å². The van der Waals surface area contributed by atoms with E-state index >= 15 is 0 Å². The Morgan fingerprint density at radius 1 is 1.08 bits per heavy atom. The summed E-state index contributed by atoms with van der Waals surface area (Å²) in [5.74, 6) is -0.402. The van der Waals surface area contributed by atoms with E-state index < -0.39 is 5.97 Å². The Kier molecular flexibility index (Phi) is 3.58. The van der Waals surface area contributed by atoms with Crippen LogP contribution < -0.4 is 0 Å². The summed E-state index contributed by atoms with van der Waals surface area (Å²) >= 11 is 3.54. The zero-order valence-electron chi connectivity index (χ0n) is 12.9. The van der Waals surface area contributed by atoms with Gasteiger partial charge in [0, 0.05) is 27.6 Å². The molecule has 118 valence electrons. The van der Waals surface area contributed by atoms with Crippen LogP contribution in [0.1, 0.15) is 10.4 Å². The zero-order valence-corrected chi connectivity index (χ0v) is 14.4. The topological polar surface area (TPSA) is 44.1 Å². The molecule has 0 saturated carbocycles. The first-order valence-corrected chi connectivity index (χ1v) is 8.21. The molecular formula is C19H13BrN2O2. The molecule has 2 heterocycles. The Hall–Kier alpha value is -2.66. The summed E-state index contributed by atoms with van der Waals surface area (Å²) < 4.78 is 8.01. The fourth-order valence-electron chi connectivity index (χ4n) is 3.05. The lowest BCUT2D eigenvalue weighted by Crippen LogP contribution is -2.08. The van der Waals surface area contributed by atoms with Crippen molar-refractivity contribution in [2.75, 3.05) is 7.11 Å². The number of aromatic nitrogens is 2. The fourth-order valence-corrected chi connectivity index (χ4v) is 3.42. The predicted octanol–water partition coefficient (Wildman–Crippen LogP) is 4.73. The molecule has 4 nitrogen and oxygen atoms in total. The van der Waals surface area contributed by atoms with Gasteiger partial charge >= 0.3 is 5.97 Å². The lowest BCUT2D eigenvalue weighted by molar-refractivity contribution is 0.0600. The van der Waals surface area contributed by atoms with Crippen LogP contribution in [0.5, 0.6) is 0 Å². The quantitative estimate of drug-likeness (QED) is 0.472. The largest absolute Gasteiger partial charge is 0.465 e. The smallest absolute Gasteiger partial charge is 0.341 e. The summed E-state index contributed by atoms with van der Waals surface area (Å²) in [5, 5.41) is 2.24. The highest BCUT2D eigenvalue weighted by atomic mass is 79.9. The van der Waals surface area contributed by atoms with Crippen molar-refractivity contribution < 1.29 is 9.53 Å². The number of nitrogens with zero attached hydrogens (tertiary/aromatic N) is 2. The number of hydrogen-bond donors (Lipinski definition) is 0. The van der Waals surface area contributed by atoms with Crippen molar-refractivity contribution >= 4 is 43.7 Å². The highest BCUT2D eigenvalue weighted by molar-refractivity contribution is 9.10. The van der Waals surface area contributed by atoms with Crippen molar-refractivity contribution in [3.63, 3.8) is 0 Å². The summed E-state index contributed by atoms with van der Waals surface area (Å²) in [7, 11) is 1.38. The van der Waals surface area contributed by atoms with Crippen LogP contribution in [0.4, 0.5) is 0 Å². The molecular weight excluding hydrogens is 368 g/mol. The van der Waals surface area contributed by atoms with Crippen molar-refractivity contribution in [1.82, 2.24) is 9.55 Å². The molecule has 0 amide bonds. The summed E-state index contributed by atoms with van der Waals surface area (Å²) in [4.78, 5) is 16.2. The third-order valence-corrected chi connectivity index (χ3v) is 4.57. The Morgan fingerprint density at radius 2 is 1.88 bits per heavy atom. The van der Waals surface area contributed by atoms with Crippen LogP contribution in [0.2, 0.25) is 0 Å². The first kappa shape index (κ1) is 14.9. The molecule has 4 rings (SSSR count). The van der Waals surface area contributed by atoms with Crippen molar-refractivity contribution in [3.05, 3.63) is 71.0 Å². The summed E-state index contributed by atoms with van der Waals surface area (Å²) in [6.07, 6.45) is 3.22. The van der Waals surface area contributed by atoms with Gasteiger partial charge in [0.1, 0.15) is 5.56 Å². The third kappa shape index (κ3) is 2.20. The molecule has 0 aliphatic heterocycles. The van der Waals surface area contributed by atoms with E-state index in [4.69, 9.17) is 4.74 Å². The minimum absolute atomic E-state index is 0.402. The number of fused-ring (bicyclic) bond motifs is 3. The maximum absolute atomic E-state index is 12.2. The molecule has 0 bridgehead atoms. The van der Waals surface area contributed by atoms with E-state index in [-0.39, 0.29) is 0 Å². The van der Waals surface area contributed by atoms with E-state index in [9.17, 15) is 4.79 Å². The summed E-state index contributed by atoms with van der Waals surface area (Å²) in [6, 6.07) is 16.1. The van der Waals surface area contributed by atoms with Crippen molar-refractivity contribution in [2.24, 2.45) is 0 Å². The minimum Gasteiger partial charge on any atom is -0.465 e. The van der Waals surface area contributed by atoms with Gasteiger partial charge in [-0.05, 0) is 30.3 Å². The number of carbonyl (C=O) groups excluding carboxylic acids is 1. The number of methoxy groups -OCH3 is 1. The lowest BCUT2D eigenvalue weighted by atomic mass is 10.2. The molecule has 0 N–H and O–H groups in total. The maximum atomic E-state index is 12.2. The molecule has 0 atom stereocenters. The molecule has 0 unspecified atom stereocenters. The first-order chi connectivity index (χ1) is 11.7. The average molecular weight is 381 g/mol. The van der Waals surface area contributed by atoms with Crippen LogP contribution in [-0.4, -0.2) is 22.6 Å². The molecule has 2 aromatic carbocycles. The van der Waals surface area contributed by atoms with Gasteiger partial charge in [-0.25, -0.2) is 4.79 Å². The van der Waals surface area contributed by atoms with Gasteiger partial charge in [-0.2, -0.15) is 0 Å². The Morgan fingerprint density at radius 3 is 2.71 bits per heavy atom. The second kappa shape index (κ2) is 5.76. The van der Waals surface area contributed by atoms with Gasteiger partial charge in [0.2, 0.25) is 0 Å². The number of esters is 1. The molecule has 4 aromatic rings. The number of rotatable bonds is 2. The molecule has 24 heavy (non-hydrogen) atoms. The number of halogens is 1. The molecule has 2 aromatic heterocycles. The van der Waals surface area contributed by atoms with E-state index in [0.717, 1.165) is 32.0 Å². The molecule has 0 radical (unpaired) electrons. The molecule has 0 aliphatic rings. The van der Waals surface area contributed by atoms with Gasteiger partial charge in [-0.15, -0.1) is 0 Å². The molecule has 5 heteroatoms. The van der Waals surface area contributed by atoms with Crippen LogP contribution in [0.25, 0.3) is 27.5 Å². The van der Waals surface area contributed by atoms with Gasteiger partial charge in [0.25, 0.3) is 0 Å². The Labute approximate surface area is 146 Å². The predicted molar refractivity (Wildman–Crippen MR) is 97.6 cm³/mol. The lowest BCUT2D eigenvalue weighted by Gasteiger charge is -2.11. The van der Waals surface area contributed by atoms with Crippen molar-refractivity contribution in [2.45, 2.75) is 0 Å². The molecule has 0 fully saturated rings. The van der Waals surface area contributed by atoms with E-state index in [1.807, 2.05) is 36.4 Å². The number of carbonyl (C=O) groups is 1. The van der Waals surface area contributed by atoms with Crippen LogP contribution >= 0.6 is 15.9 Å². The van der Waals surface area contributed by atoms with Gasteiger partial charge in [0.05, 0.1) is 23.8 Å². The standard InChI is InChI=1S/C19H13BrN2O2/c1-24-19(23)15-11-21-9-8-18(15)22-16-5-3-2-4-13(16)14-10-12(20)6-7-17(14)22/h2-11H,1H3. The SMILES string of the molecule is COC(=O)c1cnccc1-n1c2ccccc2c2cc(Br)ccc21. The maximum Gasteiger partial charge on any atom is 0.341 e. The van der Waals surface area contributed by atoms with Crippen LogP contribution in [0, 0.1) is 0 Å². The van der Waals surface area contributed by atoms with Gasteiger partial charge < -0.3 is 9.30 Å². The Bertz CT molecular complexity index is 1090. The summed E-state index contributed by atoms with van der Waals surface area (Å²) in [5.41, 5.74) is 3.24. The minimum atomic E-state index is -0.402. The van der Waals surface area contributed by atoms with Gasteiger partial charge in [-0.1, -0.05) is 34.1 Å². The summed E-state index contributed by atoms with van der Waals surface area (Å²) in [6.45, 7) is 0. The highest BCUT2D eigenvalue weighted by Crippen LogP contribution is 2.34. The van der Waals surface area contributed by atoms with Crippen molar-refractivity contribution in [1.29, 1.82) is 0 Å². The molecule has 0 aliphatic carbocycles. The van der Waals surface area contributed by atoms with E-state index in [2.05, 4.69) is 37.6 Å². The van der Waals surface area contributed by atoms with E-state index in [1.54, 1.807) is 12.4 Å². The van der Waals surface area contributed by atoms with E-state index in [1.165, 1.54) is 7.11 Å². The van der Waals surface area contributed by atoms with Crippen LogP contribution in [0.15, 0.2) is 65.4 Å². The van der Waals surface area contributed by atoms with Gasteiger partial charge in [0.15, 0.2) is 0 Å². The fraction of sp³-hybridized carbons (Fsp3) is 0.0526. The number of pyridine rings is 1. The average Bonchev–Trinajstić information content (AvgIpc) is 2.94. The number of para-hydroxylation sites is 1. The number of benzene rings is 2. The molecule has 0 spiro atoms. The van der Waals surface area contributed by atoms with Crippen LogP contribution in [0.3, 0.4) is 0 Å². The van der Waals surface area contributed by atoms with Gasteiger partial charge in [-0.3, -0.25) is 4.98 Å².